The molecule has 5 aromatic rings. The Morgan fingerprint density at radius 3 is 2.44 bits per heavy atom. The summed E-state index contributed by atoms with van der Waals surface area (Å²) in [4.78, 5) is 83.7. The molecule has 1 aromatic heterocycles. The first-order valence-corrected chi connectivity index (χ1v) is 25.1. The number of nitrogens with zero attached hydrogens (tertiary/aromatic N) is 7. The van der Waals surface area contributed by atoms with Crippen molar-refractivity contribution < 1.29 is 42.2 Å². The lowest BCUT2D eigenvalue weighted by Gasteiger charge is -2.38. The molecule has 6 heterocycles. The molecule has 0 bridgehead atoms. The number of likely N-dealkylation sites (tertiary alicyclic amines) is 1. The lowest BCUT2D eigenvalue weighted by Crippen LogP contribution is -2.52. The molecule has 4 aromatic carbocycles. The minimum Gasteiger partial charge on any atom is -0.487 e. The first kappa shape index (κ1) is 49.7. The number of amides is 5. The molecule has 0 radical (unpaired) electrons. The molecule has 2 unspecified atom stereocenters. The number of halogens is 4. The molecule has 0 spiro atoms. The smallest absolute Gasteiger partial charge is 0.349 e. The van der Waals surface area contributed by atoms with Crippen LogP contribution in [0.5, 0.6) is 11.8 Å². The Morgan fingerprint density at radius 1 is 0.877 bits per heavy atom. The fourth-order valence-corrected chi connectivity index (χ4v) is 10.8. The zero-order chi connectivity index (χ0) is 51.1. The van der Waals surface area contributed by atoms with Crippen LogP contribution >= 0.6 is 23.2 Å². The molecule has 10 rings (SSSR count). The number of ether oxygens (including phenoxy) is 2. The van der Waals surface area contributed by atoms with Gasteiger partial charge in [-0.2, -0.15) is 18.7 Å². The lowest BCUT2D eigenvalue weighted by atomic mass is 10.0. The normalized spacial score (nSPS) is 19.2. The third-order valence-corrected chi connectivity index (χ3v) is 15.1. The summed E-state index contributed by atoms with van der Waals surface area (Å²) < 4.78 is 43.6. The van der Waals surface area contributed by atoms with Crippen molar-refractivity contribution in [1.82, 2.24) is 35.3 Å². The maximum Gasteiger partial charge on any atom is 0.349 e. The highest BCUT2D eigenvalue weighted by Crippen LogP contribution is 2.39. The summed E-state index contributed by atoms with van der Waals surface area (Å²) in [5.74, 6) is -6.68. The third-order valence-electron chi connectivity index (χ3n) is 14.5. The average molecular weight is 1040 g/mol. The van der Waals surface area contributed by atoms with E-state index in [0.29, 0.717) is 80.0 Å². The van der Waals surface area contributed by atoms with Crippen LogP contribution in [-0.2, 0) is 51.2 Å². The molecule has 5 aliphatic rings. The summed E-state index contributed by atoms with van der Waals surface area (Å²) in [6, 6.07) is 19.7. The van der Waals surface area contributed by atoms with Crippen LogP contribution in [0.1, 0.15) is 64.0 Å². The monoisotopic (exact) mass is 1040 g/mol. The molecule has 3 fully saturated rings. The van der Waals surface area contributed by atoms with E-state index in [4.69, 9.17) is 42.6 Å². The van der Waals surface area contributed by atoms with E-state index in [-0.39, 0.29) is 66.7 Å². The van der Waals surface area contributed by atoms with E-state index in [2.05, 4.69) is 57.2 Å². The largest absolute Gasteiger partial charge is 0.487 e. The van der Waals surface area contributed by atoms with Gasteiger partial charge in [0.25, 0.3) is 17.7 Å². The van der Waals surface area contributed by atoms with Gasteiger partial charge in [0.1, 0.15) is 30.8 Å². The molecule has 73 heavy (non-hydrogen) atoms. The van der Waals surface area contributed by atoms with Crippen molar-refractivity contribution >= 4 is 75.0 Å². The second-order valence-corrected chi connectivity index (χ2v) is 19.9. The molecule has 16 nitrogen and oxygen atoms in total. The molecule has 20 heteroatoms. The van der Waals surface area contributed by atoms with Gasteiger partial charge in [-0.05, 0) is 86.1 Å². The number of imide groups is 1. The van der Waals surface area contributed by atoms with Gasteiger partial charge in [-0.25, -0.2) is 0 Å². The Balaban J connectivity index is 0.755. The Kier molecular flexibility index (Phi) is 14.0. The zero-order valence-corrected chi connectivity index (χ0v) is 41.6. The number of carbonyl (C=O) groups excluding carboxylic acids is 5. The maximum atomic E-state index is 15.7. The number of benzene rings is 4. The number of anilines is 2. The van der Waals surface area contributed by atoms with E-state index in [1.807, 2.05) is 18.2 Å². The van der Waals surface area contributed by atoms with Crippen molar-refractivity contribution in [3.8, 4) is 11.8 Å². The molecular weight excluding hydrogens is 984 g/mol. The van der Waals surface area contributed by atoms with Gasteiger partial charge in [0.05, 0.1) is 22.3 Å². The number of alkyl halides is 2. The van der Waals surface area contributed by atoms with Crippen LogP contribution in [0, 0.1) is 0 Å². The second-order valence-electron chi connectivity index (χ2n) is 19.1. The number of likely N-dealkylation sites (N-methyl/N-ethyl adjacent to an activating group) is 1. The number of fused-ring (bicyclic) bond motifs is 3. The molecule has 5 amide bonds. The van der Waals surface area contributed by atoms with E-state index in [1.165, 1.54) is 23.1 Å². The molecule has 3 saturated heterocycles. The molecule has 5 aliphatic heterocycles. The van der Waals surface area contributed by atoms with E-state index < -0.39 is 35.2 Å². The van der Waals surface area contributed by atoms with Crippen LogP contribution in [0.4, 0.5) is 20.3 Å². The zero-order valence-electron chi connectivity index (χ0n) is 40.1. The average Bonchev–Trinajstić information content (AvgIpc) is 3.96. The van der Waals surface area contributed by atoms with Crippen LogP contribution in [0.2, 0.25) is 10.0 Å². The molecule has 2 atom stereocenters. The van der Waals surface area contributed by atoms with E-state index >= 15 is 8.78 Å². The highest BCUT2D eigenvalue weighted by Gasteiger charge is 2.42. The number of hydrogen-bond acceptors (Lipinski definition) is 12. The number of rotatable bonds is 14. The maximum absolute atomic E-state index is 15.7. The van der Waals surface area contributed by atoms with Gasteiger partial charge in [0.2, 0.25) is 11.8 Å². The van der Waals surface area contributed by atoms with Crippen molar-refractivity contribution in [1.29, 1.82) is 0 Å². The van der Waals surface area contributed by atoms with Gasteiger partial charge in [-0.1, -0.05) is 72.2 Å². The Hall–Kier alpha value is -6.89. The standard InChI is InChI=1S/C53H53Cl2F2N9O7/c1-31(29-72-44-25-35(12-14-39(44)54)53(56,57)51(71)58-26-32-11-13-37-34(24-32)27-66(50(37)70)43-15-16-45(67)60-48(43)68)49(69)64-22-20-63(21-23-64)47-38-17-19-65(42-10-4-7-33-6-3-9-40(55)46(33)42)28-41(38)59-52(61-47)73-30-36-8-5-18-62(36)2/h3-4,6-7,9-14,24-25,36,43H,1,5,8,15-23,26-30H2,2H3,(H,58,71)(H,60,67,68). The summed E-state index contributed by atoms with van der Waals surface area (Å²) in [6.45, 7) is 7.79. The van der Waals surface area contributed by atoms with Crippen LogP contribution in [0.3, 0.4) is 0 Å². The fourth-order valence-electron chi connectivity index (χ4n) is 10.4. The van der Waals surface area contributed by atoms with E-state index in [0.717, 1.165) is 65.1 Å². The van der Waals surface area contributed by atoms with Gasteiger partial charge in [-0.3, -0.25) is 29.3 Å². The number of piperidine rings is 1. The Labute approximate surface area is 430 Å². The Bertz CT molecular complexity index is 3060. The van der Waals surface area contributed by atoms with Gasteiger partial charge >= 0.3 is 11.9 Å². The first-order valence-electron chi connectivity index (χ1n) is 24.4. The van der Waals surface area contributed by atoms with Crippen molar-refractivity contribution in [2.24, 2.45) is 0 Å². The van der Waals surface area contributed by atoms with E-state index in [1.54, 1.807) is 11.0 Å². The summed E-state index contributed by atoms with van der Waals surface area (Å²) in [5.41, 5.74) is 3.70. The van der Waals surface area contributed by atoms with Crippen LogP contribution < -0.4 is 29.9 Å². The van der Waals surface area contributed by atoms with Crippen molar-refractivity contribution in [3.05, 3.63) is 129 Å². The highest BCUT2D eigenvalue weighted by atomic mass is 35.5. The summed E-state index contributed by atoms with van der Waals surface area (Å²) in [6.07, 6.45) is 3.12. The Morgan fingerprint density at radius 2 is 1.67 bits per heavy atom. The number of piperazine rings is 1. The van der Waals surface area contributed by atoms with Crippen molar-refractivity contribution in [2.75, 3.05) is 69.3 Å². The van der Waals surface area contributed by atoms with Gasteiger partial charge < -0.3 is 39.3 Å². The predicted molar refractivity (Wildman–Crippen MR) is 270 cm³/mol. The first-order chi connectivity index (χ1) is 35.1. The van der Waals surface area contributed by atoms with Crippen LogP contribution in [0.25, 0.3) is 10.8 Å². The SMILES string of the molecule is C=C(COc1cc(C(F)(F)C(=O)NCc2ccc3c(c2)CN(C2CCC(=O)NC2=O)C3=O)ccc1Cl)C(=O)N1CCN(c2nc(OCC3CCCN3C)nc3c2CCN(c2cccc4cccc(Cl)c24)C3)CC1. The van der Waals surface area contributed by atoms with Crippen LogP contribution in [0.15, 0.2) is 84.9 Å². The van der Waals surface area contributed by atoms with Crippen molar-refractivity contribution in [2.45, 2.75) is 69.7 Å². The third kappa shape index (κ3) is 10.1. The topological polar surface area (TPSA) is 170 Å². The number of aromatic nitrogens is 2. The summed E-state index contributed by atoms with van der Waals surface area (Å²) in [7, 11) is 2.10. The van der Waals surface area contributed by atoms with Gasteiger partial charge in [0, 0.05) is 91.6 Å². The van der Waals surface area contributed by atoms with E-state index in [9.17, 15) is 24.0 Å². The lowest BCUT2D eigenvalue weighted by molar-refractivity contribution is -0.147. The minimum atomic E-state index is -4.02. The second kappa shape index (κ2) is 20.6. The number of hydrogen-bond donors (Lipinski definition) is 2. The van der Waals surface area contributed by atoms with Crippen LogP contribution in [-0.4, -0.2) is 126 Å². The highest BCUT2D eigenvalue weighted by molar-refractivity contribution is 6.36. The van der Waals surface area contributed by atoms with Gasteiger partial charge in [-0.15, -0.1) is 0 Å². The molecule has 380 valence electrons. The quantitative estimate of drug-likeness (QED) is 0.0926. The van der Waals surface area contributed by atoms with Crippen molar-refractivity contribution in [3.63, 3.8) is 0 Å². The fraction of sp³-hybridized carbons (Fsp3) is 0.377. The molecular formula is C53H53Cl2F2N9O7. The number of nitrogens with one attached hydrogen (secondary N) is 2. The molecule has 0 saturated carbocycles. The number of carbonyl (C=O) groups is 5. The molecule has 0 aliphatic carbocycles. The van der Waals surface area contributed by atoms with Gasteiger partial charge in [0.15, 0.2) is 0 Å². The predicted octanol–water partition coefficient (Wildman–Crippen LogP) is 6.43. The molecule has 2 N–H and O–H groups in total. The summed E-state index contributed by atoms with van der Waals surface area (Å²) >= 11 is 13.1. The minimum absolute atomic E-state index is 0.0105. The summed E-state index contributed by atoms with van der Waals surface area (Å²) in [5, 5.41) is 7.25.